The van der Waals surface area contributed by atoms with Crippen molar-refractivity contribution in [2.24, 2.45) is 0 Å². The van der Waals surface area contributed by atoms with E-state index in [0.717, 1.165) is 30.6 Å². The van der Waals surface area contributed by atoms with Gasteiger partial charge in [-0.15, -0.1) is 0 Å². The lowest BCUT2D eigenvalue weighted by Gasteiger charge is -2.09. The minimum Gasteiger partial charge on any atom is -0.508 e. The number of alkyl halides is 3. The van der Waals surface area contributed by atoms with Gasteiger partial charge in [-0.2, -0.15) is 21.6 Å². The van der Waals surface area contributed by atoms with Gasteiger partial charge in [0.05, 0.1) is 5.56 Å². The van der Waals surface area contributed by atoms with Crippen LogP contribution in [-0.4, -0.2) is 36.4 Å². The van der Waals surface area contributed by atoms with Crippen LogP contribution in [0.5, 0.6) is 11.5 Å². The van der Waals surface area contributed by atoms with Crippen LogP contribution in [0.1, 0.15) is 20.7 Å². The number of phenolic OH excluding ortho intramolecular Hbond substituents is 1. The second-order valence-electron chi connectivity index (χ2n) is 4.52. The van der Waals surface area contributed by atoms with Crippen LogP contribution < -0.4 is 4.18 Å². The number of phenols is 1. The molecule has 0 heterocycles. The first-order valence-electron chi connectivity index (χ1n) is 6.54. The van der Waals surface area contributed by atoms with E-state index in [-0.39, 0.29) is 11.3 Å². The average molecular weight is 392 g/mol. The number of carboxylic acids is 1. The highest BCUT2D eigenvalue weighted by Crippen LogP contribution is 2.26. The van der Waals surface area contributed by atoms with Gasteiger partial charge in [0.25, 0.3) is 0 Å². The number of carbonyl (C=O) groups excluding carboxylic acids is 1. The van der Waals surface area contributed by atoms with Crippen LogP contribution in [0.25, 0.3) is 0 Å². The molecule has 2 aromatic carbocycles. The quantitative estimate of drug-likeness (QED) is 0.467. The van der Waals surface area contributed by atoms with Crippen LogP contribution >= 0.6 is 0 Å². The normalized spacial score (nSPS) is 11.0. The molecule has 0 spiro atoms. The fourth-order valence-corrected chi connectivity index (χ4v) is 1.84. The minimum atomic E-state index is -5.73. The number of aldehydes is 1. The van der Waals surface area contributed by atoms with Crippen LogP contribution in [0.15, 0.2) is 48.5 Å². The summed E-state index contributed by atoms with van der Waals surface area (Å²) in [4.78, 5) is 20.5. The molecule has 2 rings (SSSR count). The molecule has 0 aliphatic carbocycles. The lowest BCUT2D eigenvalue weighted by Crippen LogP contribution is -2.28. The number of rotatable bonds is 4. The third-order valence-corrected chi connectivity index (χ3v) is 3.60. The van der Waals surface area contributed by atoms with Gasteiger partial charge in [0.1, 0.15) is 17.8 Å². The zero-order valence-corrected chi connectivity index (χ0v) is 13.5. The third-order valence-electron chi connectivity index (χ3n) is 2.62. The molecule has 26 heavy (non-hydrogen) atoms. The predicted molar refractivity (Wildman–Crippen MR) is 82.5 cm³/mol. The number of aromatic hydroxyl groups is 1. The van der Waals surface area contributed by atoms with Crippen molar-refractivity contribution in [1.29, 1.82) is 0 Å². The summed E-state index contributed by atoms with van der Waals surface area (Å²) in [5, 5.41) is 17.2. The lowest BCUT2D eigenvalue weighted by atomic mass is 10.2. The maximum absolute atomic E-state index is 11.9. The summed E-state index contributed by atoms with van der Waals surface area (Å²) in [5.41, 5.74) is -5.16. The van der Waals surface area contributed by atoms with Gasteiger partial charge in [-0.3, -0.25) is 4.79 Å². The van der Waals surface area contributed by atoms with Crippen LogP contribution in [0, 0.1) is 0 Å². The topological polar surface area (TPSA) is 118 Å². The van der Waals surface area contributed by atoms with Crippen LogP contribution in [0.3, 0.4) is 0 Å². The summed E-state index contributed by atoms with van der Waals surface area (Å²) < 4.78 is 60.7. The van der Waals surface area contributed by atoms with E-state index in [4.69, 9.17) is 10.2 Å². The summed E-state index contributed by atoms with van der Waals surface area (Å²) in [6, 6.07) is 9.53. The van der Waals surface area contributed by atoms with Crippen molar-refractivity contribution in [2.75, 3.05) is 0 Å². The molecule has 0 fully saturated rings. The standard InChI is InChI=1S/C8H5F3O5S.C7H6O2/c9-8(10,11)17(14,15)16-6-3-1-5(2-4-6)7(12)13;8-5-6-1-3-7(9)4-2-6/h1-4H,(H,12,13);1-5,9H. The van der Waals surface area contributed by atoms with Crippen molar-refractivity contribution < 1.29 is 45.6 Å². The molecule has 2 N–H and O–H groups in total. The second-order valence-corrected chi connectivity index (χ2v) is 6.06. The molecule has 0 radical (unpaired) electrons. The van der Waals surface area contributed by atoms with Crippen molar-refractivity contribution in [3.8, 4) is 11.5 Å². The van der Waals surface area contributed by atoms with Crippen molar-refractivity contribution in [3.63, 3.8) is 0 Å². The van der Waals surface area contributed by atoms with E-state index in [1.54, 1.807) is 12.1 Å². The van der Waals surface area contributed by atoms with Crippen molar-refractivity contribution in [2.45, 2.75) is 5.51 Å². The summed E-state index contributed by atoms with van der Waals surface area (Å²) in [6.07, 6.45) is 0.736. The number of hydrogen-bond acceptors (Lipinski definition) is 6. The van der Waals surface area contributed by atoms with Crippen LogP contribution in [-0.2, 0) is 10.1 Å². The van der Waals surface area contributed by atoms with E-state index in [2.05, 4.69) is 4.18 Å². The van der Waals surface area contributed by atoms with Crippen molar-refractivity contribution in [1.82, 2.24) is 0 Å². The smallest absolute Gasteiger partial charge is 0.508 e. The molecule has 0 saturated carbocycles. The zero-order valence-electron chi connectivity index (χ0n) is 12.7. The van der Waals surface area contributed by atoms with Gasteiger partial charge < -0.3 is 14.4 Å². The molecule has 0 aliphatic rings. The first-order chi connectivity index (χ1) is 12.0. The number of halogens is 3. The Balaban J connectivity index is 0.000000314. The Morgan fingerprint density at radius 2 is 1.50 bits per heavy atom. The number of benzene rings is 2. The summed E-state index contributed by atoms with van der Waals surface area (Å²) in [6.45, 7) is 0. The molecule has 0 amide bonds. The molecular formula is C15H11F3O7S. The van der Waals surface area contributed by atoms with E-state index >= 15 is 0 Å². The monoisotopic (exact) mass is 392 g/mol. The molecule has 140 valence electrons. The fraction of sp³-hybridized carbons (Fsp3) is 0.0667. The highest BCUT2D eigenvalue weighted by Gasteiger charge is 2.48. The Kier molecular flexibility index (Phi) is 6.72. The number of aromatic carboxylic acids is 1. The Morgan fingerprint density at radius 1 is 1.00 bits per heavy atom. The fourth-order valence-electron chi connectivity index (χ4n) is 1.38. The zero-order chi connectivity index (χ0) is 20.0. The summed E-state index contributed by atoms with van der Waals surface area (Å²) >= 11 is 0. The molecule has 0 bridgehead atoms. The largest absolute Gasteiger partial charge is 0.534 e. The van der Waals surface area contributed by atoms with Crippen LogP contribution in [0.2, 0.25) is 0 Å². The Morgan fingerprint density at radius 3 is 1.88 bits per heavy atom. The van der Waals surface area contributed by atoms with Gasteiger partial charge in [-0.1, -0.05) is 0 Å². The highest BCUT2D eigenvalue weighted by atomic mass is 32.2. The maximum Gasteiger partial charge on any atom is 0.534 e. The van der Waals surface area contributed by atoms with Crippen molar-refractivity contribution in [3.05, 3.63) is 59.7 Å². The van der Waals surface area contributed by atoms with Crippen LogP contribution in [0.4, 0.5) is 13.2 Å². The number of hydrogen-bond donors (Lipinski definition) is 2. The molecule has 0 aromatic heterocycles. The lowest BCUT2D eigenvalue weighted by molar-refractivity contribution is -0.0500. The van der Waals surface area contributed by atoms with E-state index in [1.807, 2.05) is 0 Å². The molecule has 11 heteroatoms. The molecule has 2 aromatic rings. The van der Waals surface area contributed by atoms with Gasteiger partial charge in [0.2, 0.25) is 0 Å². The molecule has 0 saturated heterocycles. The Bertz CT molecular complexity index is 858. The molecule has 0 aliphatic heterocycles. The Hall–Kier alpha value is -3.08. The molecule has 7 nitrogen and oxygen atoms in total. The number of carbonyl (C=O) groups is 2. The van der Waals surface area contributed by atoms with Gasteiger partial charge in [-0.25, -0.2) is 4.79 Å². The second kappa shape index (κ2) is 8.34. The SMILES string of the molecule is O=C(O)c1ccc(OS(=O)(=O)C(F)(F)F)cc1.O=Cc1ccc(O)cc1. The summed E-state index contributed by atoms with van der Waals surface area (Å²) in [5.74, 6) is -1.73. The van der Waals surface area contributed by atoms with E-state index in [9.17, 15) is 31.2 Å². The minimum absolute atomic E-state index is 0.181. The van der Waals surface area contributed by atoms with E-state index in [1.165, 1.54) is 12.1 Å². The van der Waals surface area contributed by atoms with Gasteiger partial charge >= 0.3 is 21.6 Å². The molecular weight excluding hydrogens is 381 g/mol. The van der Waals surface area contributed by atoms with E-state index < -0.39 is 27.3 Å². The average Bonchev–Trinajstić information content (AvgIpc) is 2.55. The maximum atomic E-state index is 11.9. The van der Waals surface area contributed by atoms with Crippen molar-refractivity contribution >= 4 is 22.4 Å². The van der Waals surface area contributed by atoms with Gasteiger partial charge in [-0.05, 0) is 48.5 Å². The Labute approximate surface area is 145 Å². The number of carboxylic acid groups (broad SMARTS) is 1. The molecule has 0 unspecified atom stereocenters. The predicted octanol–water partition coefficient (Wildman–Crippen LogP) is 2.82. The first-order valence-corrected chi connectivity index (χ1v) is 7.95. The highest BCUT2D eigenvalue weighted by molar-refractivity contribution is 7.88. The van der Waals surface area contributed by atoms with Gasteiger partial charge in [0, 0.05) is 5.56 Å². The third kappa shape index (κ3) is 6.09. The first kappa shape index (κ1) is 21.0. The van der Waals surface area contributed by atoms with E-state index in [0.29, 0.717) is 5.56 Å². The summed E-state index contributed by atoms with van der Waals surface area (Å²) in [7, 11) is -5.73. The molecule has 0 atom stereocenters. The van der Waals surface area contributed by atoms with Gasteiger partial charge in [0.15, 0.2) is 0 Å².